The van der Waals surface area contributed by atoms with Crippen LogP contribution in [-0.2, 0) is 0 Å². The molecule has 3 aromatic heterocycles. The van der Waals surface area contributed by atoms with Gasteiger partial charge in [0.25, 0.3) is 0 Å². The molecule has 0 aliphatic heterocycles. The molecule has 4 rings (SSSR count). The number of nitrogens with zero attached hydrogens (tertiary/aromatic N) is 5. The van der Waals surface area contributed by atoms with E-state index in [2.05, 4.69) is 30.7 Å². The highest BCUT2D eigenvalue weighted by Crippen LogP contribution is 2.20. The highest BCUT2D eigenvalue weighted by molar-refractivity contribution is 5.58. The van der Waals surface area contributed by atoms with Crippen LogP contribution in [0.15, 0.2) is 79.4 Å². The number of pyridine rings is 2. The molecule has 1 atom stereocenters. The molecule has 0 spiro atoms. The van der Waals surface area contributed by atoms with Crippen LogP contribution in [0.25, 0.3) is 5.69 Å². The predicted octanol–water partition coefficient (Wildman–Crippen LogP) is 3.97. The summed E-state index contributed by atoms with van der Waals surface area (Å²) in [7, 11) is 0. The molecule has 0 amide bonds. The second-order valence-corrected chi connectivity index (χ2v) is 6.02. The summed E-state index contributed by atoms with van der Waals surface area (Å²) in [5.74, 6) is 1.27. The van der Waals surface area contributed by atoms with Crippen LogP contribution < -0.4 is 10.6 Å². The van der Waals surface area contributed by atoms with Gasteiger partial charge >= 0.3 is 0 Å². The summed E-state index contributed by atoms with van der Waals surface area (Å²) in [6, 6.07) is 19.6. The van der Waals surface area contributed by atoms with E-state index in [1.165, 1.54) is 0 Å². The maximum atomic E-state index is 4.46. The van der Waals surface area contributed by atoms with E-state index in [0.29, 0.717) is 5.95 Å². The van der Waals surface area contributed by atoms with E-state index >= 15 is 0 Å². The second kappa shape index (κ2) is 7.65. The molecule has 2 N–H and O–H groups in total. The molecule has 7 nitrogen and oxygen atoms in total. The van der Waals surface area contributed by atoms with Crippen LogP contribution in [0.2, 0.25) is 0 Å². The van der Waals surface area contributed by atoms with Crippen molar-refractivity contribution in [3.8, 4) is 5.69 Å². The van der Waals surface area contributed by atoms with Crippen molar-refractivity contribution >= 4 is 17.5 Å². The van der Waals surface area contributed by atoms with Crippen LogP contribution >= 0.6 is 0 Å². The predicted molar refractivity (Wildman–Crippen MR) is 105 cm³/mol. The number of rotatable bonds is 6. The molecule has 0 fully saturated rings. The summed E-state index contributed by atoms with van der Waals surface area (Å²) in [4.78, 5) is 13.1. The molecule has 0 bridgehead atoms. The van der Waals surface area contributed by atoms with Gasteiger partial charge in [0.15, 0.2) is 0 Å². The Labute approximate surface area is 157 Å². The van der Waals surface area contributed by atoms with Gasteiger partial charge in [-0.25, -0.2) is 9.67 Å². The van der Waals surface area contributed by atoms with Gasteiger partial charge in [-0.1, -0.05) is 24.3 Å². The fourth-order valence-corrected chi connectivity index (χ4v) is 2.67. The average Bonchev–Trinajstić information content (AvgIpc) is 3.18. The Balaban J connectivity index is 1.46. The van der Waals surface area contributed by atoms with E-state index in [0.717, 1.165) is 22.9 Å². The van der Waals surface area contributed by atoms with E-state index in [1.807, 2.05) is 67.6 Å². The zero-order valence-electron chi connectivity index (χ0n) is 14.8. The van der Waals surface area contributed by atoms with Gasteiger partial charge in [0, 0.05) is 24.1 Å². The van der Waals surface area contributed by atoms with E-state index in [9.17, 15) is 0 Å². The van der Waals surface area contributed by atoms with Crippen molar-refractivity contribution in [1.29, 1.82) is 0 Å². The van der Waals surface area contributed by atoms with Crippen molar-refractivity contribution < 1.29 is 0 Å². The molecule has 134 valence electrons. The third-order valence-electron chi connectivity index (χ3n) is 4.02. The molecule has 27 heavy (non-hydrogen) atoms. The Morgan fingerprint density at radius 2 is 1.74 bits per heavy atom. The minimum Gasteiger partial charge on any atom is -0.362 e. The maximum absolute atomic E-state index is 4.46. The standard InChI is InChI=1S/C20H19N7/c1-15(18-9-5-6-11-21-18)24-19-13-16(10-12-22-19)25-20-23-14-27(26-20)17-7-3-2-4-8-17/h2-15H,1H3,(H2,22,24,25,26)/t15-/m0/s1. The topological polar surface area (TPSA) is 80.5 Å². The monoisotopic (exact) mass is 357 g/mol. The zero-order chi connectivity index (χ0) is 18.5. The van der Waals surface area contributed by atoms with Crippen LogP contribution in [0.4, 0.5) is 17.5 Å². The van der Waals surface area contributed by atoms with Crippen molar-refractivity contribution in [3.63, 3.8) is 0 Å². The third-order valence-corrected chi connectivity index (χ3v) is 4.02. The molecular weight excluding hydrogens is 338 g/mol. The molecule has 0 aliphatic carbocycles. The number of benzene rings is 1. The highest BCUT2D eigenvalue weighted by atomic mass is 15.4. The van der Waals surface area contributed by atoms with Gasteiger partial charge in [0.2, 0.25) is 5.95 Å². The molecule has 0 radical (unpaired) electrons. The Morgan fingerprint density at radius 1 is 0.889 bits per heavy atom. The van der Waals surface area contributed by atoms with Crippen molar-refractivity contribution in [2.45, 2.75) is 13.0 Å². The highest BCUT2D eigenvalue weighted by Gasteiger charge is 2.08. The molecular formula is C20H19N7. The van der Waals surface area contributed by atoms with Crippen LogP contribution in [0, 0.1) is 0 Å². The van der Waals surface area contributed by atoms with Gasteiger partial charge in [0.1, 0.15) is 12.1 Å². The van der Waals surface area contributed by atoms with Crippen molar-refractivity contribution in [2.75, 3.05) is 10.6 Å². The molecule has 7 heteroatoms. The molecule has 3 heterocycles. The van der Waals surface area contributed by atoms with Gasteiger partial charge in [-0.2, -0.15) is 4.98 Å². The molecule has 0 aliphatic rings. The van der Waals surface area contributed by atoms with Crippen molar-refractivity contribution in [2.24, 2.45) is 0 Å². The quantitative estimate of drug-likeness (QED) is 0.543. The third kappa shape index (κ3) is 4.09. The lowest BCUT2D eigenvalue weighted by Crippen LogP contribution is -2.09. The van der Waals surface area contributed by atoms with Crippen molar-refractivity contribution in [3.05, 3.63) is 85.1 Å². The Bertz CT molecular complexity index is 999. The zero-order valence-corrected chi connectivity index (χ0v) is 14.8. The molecule has 4 aromatic rings. The summed E-state index contributed by atoms with van der Waals surface area (Å²) >= 11 is 0. The van der Waals surface area contributed by atoms with Gasteiger partial charge < -0.3 is 10.6 Å². The summed E-state index contributed by atoms with van der Waals surface area (Å²) in [6.45, 7) is 2.05. The normalized spacial score (nSPS) is 11.7. The molecule has 0 saturated heterocycles. The number of para-hydroxylation sites is 1. The Morgan fingerprint density at radius 3 is 2.56 bits per heavy atom. The summed E-state index contributed by atoms with van der Waals surface area (Å²) in [5.41, 5.74) is 2.77. The number of hydrogen-bond acceptors (Lipinski definition) is 6. The lowest BCUT2D eigenvalue weighted by Gasteiger charge is -2.14. The SMILES string of the molecule is C[C@H](Nc1cc(Nc2ncn(-c3ccccc3)n2)ccn1)c1ccccn1. The van der Waals surface area contributed by atoms with E-state index in [-0.39, 0.29) is 6.04 Å². The molecule has 1 aromatic carbocycles. The number of nitrogens with one attached hydrogen (secondary N) is 2. The van der Waals surface area contributed by atoms with Gasteiger partial charge in [0.05, 0.1) is 17.4 Å². The van der Waals surface area contributed by atoms with Gasteiger partial charge in [-0.05, 0) is 37.3 Å². The van der Waals surface area contributed by atoms with E-state index < -0.39 is 0 Å². The van der Waals surface area contributed by atoms with E-state index in [1.54, 1.807) is 23.4 Å². The fourth-order valence-electron chi connectivity index (χ4n) is 2.67. The first-order valence-corrected chi connectivity index (χ1v) is 8.65. The largest absolute Gasteiger partial charge is 0.362 e. The second-order valence-electron chi connectivity index (χ2n) is 6.02. The average molecular weight is 357 g/mol. The molecule has 0 saturated carbocycles. The Hall–Kier alpha value is -3.74. The summed E-state index contributed by atoms with van der Waals surface area (Å²) < 4.78 is 1.73. The minimum atomic E-state index is 0.0457. The van der Waals surface area contributed by atoms with Gasteiger partial charge in [-0.3, -0.25) is 4.98 Å². The number of aromatic nitrogens is 5. The lowest BCUT2D eigenvalue weighted by molar-refractivity contribution is 0.832. The van der Waals surface area contributed by atoms with Crippen molar-refractivity contribution in [1.82, 2.24) is 24.7 Å². The smallest absolute Gasteiger partial charge is 0.246 e. The number of hydrogen-bond donors (Lipinski definition) is 2. The molecule has 0 unspecified atom stereocenters. The first-order valence-electron chi connectivity index (χ1n) is 8.65. The maximum Gasteiger partial charge on any atom is 0.246 e. The summed E-state index contributed by atoms with van der Waals surface area (Å²) in [6.07, 6.45) is 5.21. The van der Waals surface area contributed by atoms with Crippen LogP contribution in [-0.4, -0.2) is 24.7 Å². The van der Waals surface area contributed by atoms with Gasteiger partial charge in [-0.15, -0.1) is 5.10 Å². The number of anilines is 3. The van der Waals surface area contributed by atoms with E-state index in [4.69, 9.17) is 0 Å². The first kappa shape index (κ1) is 16.7. The summed E-state index contributed by atoms with van der Waals surface area (Å²) in [5, 5.41) is 11.0. The van der Waals surface area contributed by atoms with Crippen LogP contribution in [0.3, 0.4) is 0 Å². The lowest BCUT2D eigenvalue weighted by atomic mass is 10.2. The van der Waals surface area contributed by atoms with Crippen LogP contribution in [0.5, 0.6) is 0 Å². The Kier molecular flexibility index (Phi) is 4.74. The first-order chi connectivity index (χ1) is 13.3. The minimum absolute atomic E-state index is 0.0457. The fraction of sp³-hybridized carbons (Fsp3) is 0.100. The van der Waals surface area contributed by atoms with Crippen LogP contribution in [0.1, 0.15) is 18.7 Å².